The first-order valence-electron chi connectivity index (χ1n) is 11.6. The number of benzene rings is 3. The summed E-state index contributed by atoms with van der Waals surface area (Å²) in [5.74, 6) is 0.0300. The van der Waals surface area contributed by atoms with Crippen molar-refractivity contribution in [3.63, 3.8) is 0 Å². The van der Waals surface area contributed by atoms with Crippen molar-refractivity contribution in [2.24, 2.45) is 5.41 Å². The van der Waals surface area contributed by atoms with Crippen LogP contribution in [-0.4, -0.2) is 18.0 Å². The first-order chi connectivity index (χ1) is 16.8. The van der Waals surface area contributed by atoms with Crippen molar-refractivity contribution in [3.05, 3.63) is 98.5 Å². The molecule has 2 heterocycles. The predicted octanol–water partition coefficient (Wildman–Crippen LogP) is 6.98. The van der Waals surface area contributed by atoms with Gasteiger partial charge in [0.05, 0.1) is 29.1 Å². The summed E-state index contributed by atoms with van der Waals surface area (Å²) in [6.07, 6.45) is 1.87. The van der Waals surface area contributed by atoms with Gasteiger partial charge in [0.1, 0.15) is 0 Å². The van der Waals surface area contributed by atoms with Gasteiger partial charge in [0.25, 0.3) is 0 Å². The number of nitrogens with one attached hydrogen (secondary N) is 1. The van der Waals surface area contributed by atoms with Crippen LogP contribution in [0, 0.1) is 16.7 Å². The van der Waals surface area contributed by atoms with Gasteiger partial charge in [0.15, 0.2) is 0 Å². The minimum absolute atomic E-state index is 0.0300. The summed E-state index contributed by atoms with van der Waals surface area (Å²) in [5.41, 5.74) is 2.75. The summed E-state index contributed by atoms with van der Waals surface area (Å²) in [6, 6.07) is 22.8. The summed E-state index contributed by atoms with van der Waals surface area (Å²) < 4.78 is 0. The largest absolute Gasteiger partial charge is 0.358 e. The highest BCUT2D eigenvalue weighted by atomic mass is 35.5. The number of hydrogen-bond donors (Lipinski definition) is 1. The third-order valence-corrected chi connectivity index (χ3v) is 8.25. The second-order valence-corrected chi connectivity index (χ2v) is 10.7. The van der Waals surface area contributed by atoms with E-state index in [1.165, 1.54) is 0 Å². The molecule has 0 saturated carbocycles. The van der Waals surface area contributed by atoms with Crippen LogP contribution in [0.4, 0.5) is 5.69 Å². The van der Waals surface area contributed by atoms with Crippen LogP contribution in [-0.2, 0) is 11.2 Å². The van der Waals surface area contributed by atoms with Crippen molar-refractivity contribution in [1.82, 2.24) is 5.32 Å². The van der Waals surface area contributed by atoms with Gasteiger partial charge in [-0.3, -0.25) is 4.79 Å². The molecule has 0 aliphatic carbocycles. The van der Waals surface area contributed by atoms with Gasteiger partial charge in [-0.25, -0.2) is 0 Å². The number of anilines is 1. The minimum Gasteiger partial charge on any atom is -0.358 e. The van der Waals surface area contributed by atoms with E-state index in [4.69, 9.17) is 34.8 Å². The number of fused-ring (bicyclic) bond motifs is 1. The molecule has 178 valence electrons. The maximum absolute atomic E-state index is 13.6. The Hall–Kier alpha value is -2.71. The standard InChI is InChI=1S/C28H24Cl3N3O/c1-17-26-28(27(35)33-17,15-18-4-2-3-5-19(18)16-32)13-12-25(23-11-8-21(30)14-24(23)31)34(26)22-9-6-20(29)7-10-22/h2-11,14,17,25-26H,12-13,15H2,1H3,(H,33,35)/t17-,25+,26-,28+/m1/s1. The van der Waals surface area contributed by atoms with E-state index in [0.29, 0.717) is 33.5 Å². The van der Waals surface area contributed by atoms with Gasteiger partial charge in [-0.05, 0) is 79.8 Å². The fraction of sp³-hybridized carbons (Fsp3) is 0.286. The molecule has 2 saturated heterocycles. The molecule has 2 aliphatic rings. The van der Waals surface area contributed by atoms with Crippen LogP contribution in [0.2, 0.25) is 15.1 Å². The smallest absolute Gasteiger partial charge is 0.229 e. The van der Waals surface area contributed by atoms with E-state index in [1.54, 1.807) is 6.07 Å². The molecule has 0 radical (unpaired) electrons. The average molecular weight is 525 g/mol. The maximum Gasteiger partial charge on any atom is 0.229 e. The van der Waals surface area contributed by atoms with Crippen LogP contribution in [0.5, 0.6) is 0 Å². The van der Waals surface area contributed by atoms with Gasteiger partial charge in [-0.2, -0.15) is 5.26 Å². The van der Waals surface area contributed by atoms with Crippen molar-refractivity contribution in [2.75, 3.05) is 4.90 Å². The number of halogens is 3. The molecule has 3 aromatic rings. The first-order valence-corrected chi connectivity index (χ1v) is 12.8. The summed E-state index contributed by atoms with van der Waals surface area (Å²) in [7, 11) is 0. The quantitative estimate of drug-likeness (QED) is 0.401. The molecule has 35 heavy (non-hydrogen) atoms. The minimum atomic E-state index is -0.693. The van der Waals surface area contributed by atoms with Gasteiger partial charge in [-0.15, -0.1) is 0 Å². The Morgan fingerprint density at radius 3 is 2.49 bits per heavy atom. The maximum atomic E-state index is 13.6. The van der Waals surface area contributed by atoms with Crippen LogP contribution < -0.4 is 10.2 Å². The number of hydrogen-bond acceptors (Lipinski definition) is 3. The molecule has 0 aromatic heterocycles. The molecule has 2 fully saturated rings. The molecule has 4 nitrogen and oxygen atoms in total. The van der Waals surface area contributed by atoms with E-state index in [0.717, 1.165) is 23.2 Å². The van der Waals surface area contributed by atoms with Crippen LogP contribution in [0.3, 0.4) is 0 Å². The van der Waals surface area contributed by atoms with Gasteiger partial charge < -0.3 is 10.2 Å². The molecule has 5 rings (SSSR count). The van der Waals surface area contributed by atoms with Crippen molar-refractivity contribution in [1.29, 1.82) is 5.26 Å². The topological polar surface area (TPSA) is 56.1 Å². The molecule has 0 spiro atoms. The number of nitriles is 1. The Kier molecular flexibility index (Phi) is 6.44. The zero-order valence-electron chi connectivity index (χ0n) is 19.1. The van der Waals surface area contributed by atoms with Crippen molar-refractivity contribution < 1.29 is 4.79 Å². The Morgan fingerprint density at radius 2 is 1.77 bits per heavy atom. The Bertz CT molecular complexity index is 1320. The lowest BCUT2D eigenvalue weighted by atomic mass is 9.66. The Labute approximate surface area is 220 Å². The highest BCUT2D eigenvalue weighted by Crippen LogP contribution is 2.53. The van der Waals surface area contributed by atoms with E-state index < -0.39 is 5.41 Å². The molecule has 2 aliphatic heterocycles. The molecule has 7 heteroatoms. The number of amides is 1. The normalized spacial score (nSPS) is 25.6. The van der Waals surface area contributed by atoms with E-state index in [-0.39, 0.29) is 24.0 Å². The SMILES string of the molecule is C[C@H]1NC(=O)[C@]2(Cc3ccccc3C#N)CC[C@@H](c3ccc(Cl)cc3Cl)N(c3ccc(Cl)cc3)[C@H]12. The van der Waals surface area contributed by atoms with Gasteiger partial charge in [0.2, 0.25) is 5.91 Å². The Morgan fingerprint density at radius 1 is 1.06 bits per heavy atom. The van der Waals surface area contributed by atoms with Crippen molar-refractivity contribution in [3.8, 4) is 6.07 Å². The fourth-order valence-corrected chi connectivity index (χ4v) is 6.63. The molecule has 4 atom stereocenters. The van der Waals surface area contributed by atoms with Crippen LogP contribution in [0.1, 0.15) is 42.5 Å². The molecular formula is C28H24Cl3N3O. The number of carbonyl (C=O) groups excluding carboxylic acids is 1. The van der Waals surface area contributed by atoms with Crippen molar-refractivity contribution >= 4 is 46.4 Å². The average Bonchev–Trinajstić information content (AvgIpc) is 3.09. The van der Waals surface area contributed by atoms with Crippen LogP contribution in [0.25, 0.3) is 0 Å². The fourth-order valence-electron chi connectivity index (χ4n) is 5.97. The molecule has 0 bridgehead atoms. The highest BCUT2D eigenvalue weighted by Gasteiger charge is 2.59. The number of carbonyl (C=O) groups is 1. The predicted molar refractivity (Wildman–Crippen MR) is 141 cm³/mol. The van der Waals surface area contributed by atoms with Gasteiger partial charge in [0, 0.05) is 26.8 Å². The zero-order valence-corrected chi connectivity index (χ0v) is 21.4. The van der Waals surface area contributed by atoms with E-state index in [9.17, 15) is 10.1 Å². The lowest BCUT2D eigenvalue weighted by Gasteiger charge is -2.51. The van der Waals surface area contributed by atoms with Gasteiger partial charge in [-0.1, -0.05) is 59.1 Å². The van der Waals surface area contributed by atoms with Gasteiger partial charge >= 0.3 is 0 Å². The summed E-state index contributed by atoms with van der Waals surface area (Å²) in [4.78, 5) is 16.0. The summed E-state index contributed by atoms with van der Waals surface area (Å²) in [6.45, 7) is 2.05. The van der Waals surface area contributed by atoms with Crippen molar-refractivity contribution in [2.45, 2.75) is 44.3 Å². The second kappa shape index (κ2) is 9.39. The first kappa shape index (κ1) is 24.0. The monoisotopic (exact) mass is 523 g/mol. The third kappa shape index (κ3) is 4.16. The van der Waals surface area contributed by atoms with Crippen LogP contribution in [0.15, 0.2) is 66.7 Å². The third-order valence-electron chi connectivity index (χ3n) is 7.44. The second-order valence-electron chi connectivity index (χ2n) is 9.41. The molecule has 0 unspecified atom stereocenters. The lowest BCUT2D eigenvalue weighted by molar-refractivity contribution is -0.129. The number of nitrogens with zero attached hydrogens (tertiary/aromatic N) is 2. The Balaban J connectivity index is 1.66. The number of piperidine rings is 1. The molecule has 1 amide bonds. The van der Waals surface area contributed by atoms with E-state index in [2.05, 4.69) is 23.2 Å². The molecule has 3 aromatic carbocycles. The molecular weight excluding hydrogens is 501 g/mol. The van der Waals surface area contributed by atoms with E-state index in [1.807, 2.05) is 60.7 Å². The summed E-state index contributed by atoms with van der Waals surface area (Å²) in [5, 5.41) is 14.8. The number of rotatable bonds is 4. The summed E-state index contributed by atoms with van der Waals surface area (Å²) >= 11 is 19.1. The van der Waals surface area contributed by atoms with Crippen LogP contribution >= 0.6 is 34.8 Å². The van der Waals surface area contributed by atoms with E-state index >= 15 is 0 Å². The lowest BCUT2D eigenvalue weighted by Crippen LogP contribution is -2.57. The zero-order chi connectivity index (χ0) is 24.7. The highest BCUT2D eigenvalue weighted by molar-refractivity contribution is 6.35. The molecule has 1 N–H and O–H groups in total.